The van der Waals surface area contributed by atoms with Crippen LogP contribution in [-0.2, 0) is 4.74 Å². The fourth-order valence-electron chi connectivity index (χ4n) is 2.25. The van der Waals surface area contributed by atoms with Crippen LogP contribution in [0.3, 0.4) is 0 Å². The average molecular weight is 305 g/mol. The number of aliphatic hydroxyl groups is 1. The number of rotatable bonds is 1. The van der Waals surface area contributed by atoms with Crippen LogP contribution >= 0.6 is 23.2 Å². The van der Waals surface area contributed by atoms with Gasteiger partial charge >= 0.3 is 0 Å². The lowest BCUT2D eigenvalue weighted by Gasteiger charge is -2.15. The molecule has 1 aromatic carbocycles. The molecule has 1 aliphatic rings. The summed E-state index contributed by atoms with van der Waals surface area (Å²) in [5, 5.41) is 10.4. The highest BCUT2D eigenvalue weighted by molar-refractivity contribution is 6.42. The number of aromatic nitrogens is 2. The number of ether oxygens (including phenoxy) is 1. The van der Waals surface area contributed by atoms with E-state index in [1.807, 2.05) is 0 Å². The molecule has 1 N–H and O–H groups in total. The average Bonchev–Trinajstić information content (AvgIpc) is 2.87. The maximum Gasteiger partial charge on any atom is 0.173 e. The van der Waals surface area contributed by atoms with Gasteiger partial charge in [0.25, 0.3) is 0 Å². The van der Waals surface area contributed by atoms with Crippen molar-refractivity contribution in [1.29, 1.82) is 0 Å². The second-order valence-electron chi connectivity index (χ2n) is 4.57. The maximum absolute atomic E-state index is 14.0. The number of hydrogen-bond donors (Lipinski definition) is 1. The lowest BCUT2D eigenvalue weighted by molar-refractivity contribution is -0.0135. The zero-order valence-electron chi connectivity index (χ0n) is 9.93. The van der Waals surface area contributed by atoms with Gasteiger partial charge in [0.05, 0.1) is 33.5 Å². The molecule has 0 spiro atoms. The van der Waals surface area contributed by atoms with Crippen LogP contribution in [0.15, 0.2) is 18.5 Å². The van der Waals surface area contributed by atoms with Gasteiger partial charge in [-0.15, -0.1) is 0 Å². The summed E-state index contributed by atoms with van der Waals surface area (Å²) < 4.78 is 21.0. The van der Waals surface area contributed by atoms with Crippen molar-refractivity contribution < 1.29 is 14.2 Å². The summed E-state index contributed by atoms with van der Waals surface area (Å²) >= 11 is 11.9. The molecule has 1 aromatic heterocycles. The highest BCUT2D eigenvalue weighted by Crippen LogP contribution is 2.35. The van der Waals surface area contributed by atoms with Gasteiger partial charge in [0.15, 0.2) is 12.4 Å². The monoisotopic (exact) mass is 304 g/mol. The molecular formula is C12H11Cl2FN2O2. The van der Waals surface area contributed by atoms with Crippen LogP contribution in [0.25, 0.3) is 11.0 Å². The molecular weight excluding hydrogens is 294 g/mol. The Bertz CT molecular complexity index is 633. The van der Waals surface area contributed by atoms with Crippen LogP contribution in [0, 0.1) is 0 Å². The normalized spacial score (nSPS) is 31.2. The fraction of sp³-hybridized carbons (Fsp3) is 0.417. The van der Waals surface area contributed by atoms with E-state index in [-0.39, 0.29) is 0 Å². The third kappa shape index (κ3) is 2.01. The zero-order valence-corrected chi connectivity index (χ0v) is 11.4. The lowest BCUT2D eigenvalue weighted by Crippen LogP contribution is -2.26. The minimum Gasteiger partial charge on any atom is -0.387 e. The number of alkyl halides is 1. The van der Waals surface area contributed by atoms with Gasteiger partial charge in [-0.25, -0.2) is 9.37 Å². The van der Waals surface area contributed by atoms with E-state index in [0.29, 0.717) is 21.1 Å². The van der Waals surface area contributed by atoms with E-state index < -0.39 is 24.6 Å². The van der Waals surface area contributed by atoms with Crippen LogP contribution in [0.5, 0.6) is 0 Å². The molecule has 1 aliphatic heterocycles. The summed E-state index contributed by atoms with van der Waals surface area (Å²) in [5.74, 6) is 0. The number of aliphatic hydroxyl groups excluding tert-OH is 1. The third-order valence-electron chi connectivity index (χ3n) is 3.32. The molecule has 0 aliphatic carbocycles. The second kappa shape index (κ2) is 4.59. The SMILES string of the molecule is C[C@H]1O[C@@H](n2cnc3cc(Cl)c(Cl)cc32)[C@H](F)[C@@H]1O. The van der Waals surface area contributed by atoms with Gasteiger partial charge < -0.3 is 14.4 Å². The number of imidazole rings is 1. The fourth-order valence-corrected chi connectivity index (χ4v) is 2.56. The van der Waals surface area contributed by atoms with E-state index in [4.69, 9.17) is 27.9 Å². The number of nitrogens with zero attached hydrogens (tertiary/aromatic N) is 2. The first-order chi connectivity index (χ1) is 8.99. The molecule has 2 aromatic rings. The molecule has 4 nitrogen and oxygen atoms in total. The molecule has 19 heavy (non-hydrogen) atoms. The summed E-state index contributed by atoms with van der Waals surface area (Å²) in [7, 11) is 0. The van der Waals surface area contributed by atoms with Crippen molar-refractivity contribution in [1.82, 2.24) is 9.55 Å². The van der Waals surface area contributed by atoms with Gasteiger partial charge in [0, 0.05) is 0 Å². The standard InChI is InChI=1S/C12H11Cl2FN2O2/c1-5-11(18)10(15)12(19-5)17-4-16-8-2-6(13)7(14)3-9(8)17/h2-5,10-12,18H,1H3/t5-,10-,11-,12-/m1/s1. The van der Waals surface area contributed by atoms with Crippen LogP contribution in [-0.4, -0.2) is 33.0 Å². The Hall–Kier alpha value is -0.880. The molecule has 0 bridgehead atoms. The quantitative estimate of drug-likeness (QED) is 0.881. The summed E-state index contributed by atoms with van der Waals surface area (Å²) in [6.45, 7) is 1.63. The van der Waals surface area contributed by atoms with Crippen LogP contribution < -0.4 is 0 Å². The molecule has 0 saturated carbocycles. The van der Waals surface area contributed by atoms with Crippen molar-refractivity contribution in [2.24, 2.45) is 0 Å². The lowest BCUT2D eigenvalue weighted by atomic mass is 10.2. The topological polar surface area (TPSA) is 47.3 Å². The molecule has 0 amide bonds. The van der Waals surface area contributed by atoms with Gasteiger partial charge in [-0.3, -0.25) is 0 Å². The van der Waals surface area contributed by atoms with Crippen molar-refractivity contribution >= 4 is 34.2 Å². The zero-order chi connectivity index (χ0) is 13.7. The molecule has 1 fully saturated rings. The Kier molecular flexibility index (Phi) is 3.17. The van der Waals surface area contributed by atoms with Gasteiger partial charge in [0.1, 0.15) is 6.10 Å². The van der Waals surface area contributed by atoms with Gasteiger partial charge in [-0.2, -0.15) is 0 Å². The highest BCUT2D eigenvalue weighted by Gasteiger charge is 2.43. The molecule has 7 heteroatoms. The van der Waals surface area contributed by atoms with Gasteiger partial charge in [0.2, 0.25) is 0 Å². The highest BCUT2D eigenvalue weighted by atomic mass is 35.5. The Morgan fingerprint density at radius 2 is 2.05 bits per heavy atom. The number of halogens is 3. The van der Waals surface area contributed by atoms with E-state index in [1.54, 1.807) is 19.1 Å². The van der Waals surface area contributed by atoms with Crippen LogP contribution in [0.1, 0.15) is 13.2 Å². The van der Waals surface area contributed by atoms with Crippen molar-refractivity contribution in [2.75, 3.05) is 0 Å². The summed E-state index contributed by atoms with van der Waals surface area (Å²) in [6, 6.07) is 3.22. The Labute approximate surface area is 118 Å². The first-order valence-electron chi connectivity index (χ1n) is 5.78. The minimum absolute atomic E-state index is 0.359. The van der Waals surface area contributed by atoms with E-state index in [2.05, 4.69) is 4.98 Å². The Balaban J connectivity index is 2.09. The molecule has 2 heterocycles. The molecule has 1 saturated heterocycles. The first-order valence-corrected chi connectivity index (χ1v) is 6.54. The third-order valence-corrected chi connectivity index (χ3v) is 4.05. The Morgan fingerprint density at radius 1 is 1.37 bits per heavy atom. The largest absolute Gasteiger partial charge is 0.387 e. The molecule has 0 radical (unpaired) electrons. The van der Waals surface area contributed by atoms with Gasteiger partial charge in [-0.05, 0) is 19.1 Å². The summed E-state index contributed by atoms with van der Waals surface area (Å²) in [6.07, 6.45) is -2.68. The van der Waals surface area contributed by atoms with E-state index >= 15 is 0 Å². The van der Waals surface area contributed by atoms with Crippen LogP contribution in [0.4, 0.5) is 4.39 Å². The first kappa shape index (κ1) is 13.1. The van der Waals surface area contributed by atoms with Crippen molar-refractivity contribution in [3.05, 3.63) is 28.5 Å². The van der Waals surface area contributed by atoms with E-state index in [1.165, 1.54) is 10.9 Å². The molecule has 0 unspecified atom stereocenters. The summed E-state index contributed by atoms with van der Waals surface area (Å²) in [4.78, 5) is 4.14. The molecule has 102 valence electrons. The summed E-state index contributed by atoms with van der Waals surface area (Å²) in [5.41, 5.74) is 1.21. The molecule has 3 rings (SSSR count). The van der Waals surface area contributed by atoms with Crippen molar-refractivity contribution in [3.8, 4) is 0 Å². The predicted octanol–water partition coefficient (Wildman–Crippen LogP) is 2.96. The number of hydrogen-bond acceptors (Lipinski definition) is 3. The van der Waals surface area contributed by atoms with Crippen molar-refractivity contribution in [3.63, 3.8) is 0 Å². The minimum atomic E-state index is -1.51. The number of fused-ring (bicyclic) bond motifs is 1. The van der Waals surface area contributed by atoms with E-state index in [0.717, 1.165) is 0 Å². The van der Waals surface area contributed by atoms with Gasteiger partial charge in [-0.1, -0.05) is 23.2 Å². The Morgan fingerprint density at radius 3 is 2.68 bits per heavy atom. The maximum atomic E-state index is 14.0. The van der Waals surface area contributed by atoms with Crippen LogP contribution in [0.2, 0.25) is 10.0 Å². The van der Waals surface area contributed by atoms with E-state index in [9.17, 15) is 9.50 Å². The number of benzene rings is 1. The van der Waals surface area contributed by atoms with Crippen molar-refractivity contribution in [2.45, 2.75) is 31.5 Å². The smallest absolute Gasteiger partial charge is 0.173 e. The predicted molar refractivity (Wildman–Crippen MR) is 70.2 cm³/mol. The molecule has 4 atom stereocenters. The second-order valence-corrected chi connectivity index (χ2v) is 5.39.